The average molecular weight is 243 g/mol. The van der Waals surface area contributed by atoms with Crippen LogP contribution in [0.25, 0.3) is 0 Å². The van der Waals surface area contributed by atoms with Gasteiger partial charge in [0.25, 0.3) is 0 Å². The van der Waals surface area contributed by atoms with Gasteiger partial charge in [-0.3, -0.25) is 9.59 Å². The van der Waals surface area contributed by atoms with Gasteiger partial charge in [0.2, 0.25) is 11.7 Å². The molecule has 1 aliphatic rings. The Bertz CT molecular complexity index is 364. The number of aliphatic carboxylic acids is 2. The lowest BCUT2D eigenvalue weighted by atomic mass is 10.2. The van der Waals surface area contributed by atoms with Crippen LogP contribution < -0.4 is 0 Å². The average Bonchev–Trinajstić information content (AvgIpc) is 2.60. The van der Waals surface area contributed by atoms with Crippen molar-refractivity contribution >= 4 is 23.6 Å². The molecule has 0 aromatic rings. The van der Waals surface area contributed by atoms with E-state index < -0.39 is 23.8 Å². The molecule has 17 heavy (non-hydrogen) atoms. The minimum Gasteiger partial charge on any atom is -0.480 e. The van der Waals surface area contributed by atoms with E-state index in [4.69, 9.17) is 10.2 Å². The van der Waals surface area contributed by atoms with Crippen LogP contribution in [0.5, 0.6) is 0 Å². The molecule has 1 aliphatic heterocycles. The Hall–Kier alpha value is -1.92. The van der Waals surface area contributed by atoms with Crippen LogP contribution in [-0.4, -0.2) is 51.3 Å². The number of rotatable bonds is 6. The quantitative estimate of drug-likeness (QED) is 0.608. The van der Waals surface area contributed by atoms with E-state index in [0.717, 1.165) is 0 Å². The fourth-order valence-electron chi connectivity index (χ4n) is 1.79. The molecule has 1 atom stereocenters. The normalized spacial score (nSPS) is 19.4. The highest BCUT2D eigenvalue weighted by Gasteiger charge is 2.35. The van der Waals surface area contributed by atoms with Gasteiger partial charge in [0.1, 0.15) is 6.04 Å². The molecular weight excluding hydrogens is 230 g/mol. The number of nitrogens with zero attached hydrogens (tertiary/aromatic N) is 1. The van der Waals surface area contributed by atoms with Crippen LogP contribution in [0.2, 0.25) is 0 Å². The Morgan fingerprint density at radius 1 is 1.29 bits per heavy atom. The van der Waals surface area contributed by atoms with Gasteiger partial charge in [-0.25, -0.2) is 9.59 Å². The summed E-state index contributed by atoms with van der Waals surface area (Å²) in [5.41, 5.74) is 0. The molecule has 1 rings (SSSR count). The van der Waals surface area contributed by atoms with Crippen molar-refractivity contribution in [3.8, 4) is 0 Å². The molecule has 0 saturated carbocycles. The number of amides is 1. The molecule has 1 heterocycles. The lowest BCUT2D eigenvalue weighted by molar-refractivity contribution is -0.149. The van der Waals surface area contributed by atoms with E-state index in [1.807, 2.05) is 0 Å². The zero-order valence-corrected chi connectivity index (χ0v) is 9.09. The molecule has 1 saturated heterocycles. The van der Waals surface area contributed by atoms with Crippen LogP contribution in [-0.2, 0) is 19.2 Å². The maximum atomic E-state index is 11.4. The van der Waals surface area contributed by atoms with Gasteiger partial charge in [0, 0.05) is 19.4 Å². The van der Waals surface area contributed by atoms with E-state index in [1.165, 1.54) is 4.90 Å². The molecule has 1 fully saturated rings. The highest BCUT2D eigenvalue weighted by Crippen LogP contribution is 2.19. The second-order valence-electron chi connectivity index (χ2n) is 3.81. The second kappa shape index (κ2) is 5.42. The van der Waals surface area contributed by atoms with Crippen molar-refractivity contribution in [1.29, 1.82) is 0 Å². The first-order chi connectivity index (χ1) is 7.93. The van der Waals surface area contributed by atoms with Crippen LogP contribution in [0.3, 0.4) is 0 Å². The Balaban J connectivity index is 2.44. The molecule has 0 spiro atoms. The van der Waals surface area contributed by atoms with E-state index in [9.17, 15) is 19.2 Å². The highest BCUT2D eigenvalue weighted by molar-refractivity contribution is 6.32. The SMILES string of the molecule is O=C(O)C(=O)CCCN1C(=O)CC[C@H]1C(=O)O. The monoisotopic (exact) mass is 243 g/mol. The minimum absolute atomic E-state index is 0.106. The number of carboxylic acid groups (broad SMARTS) is 2. The third kappa shape index (κ3) is 3.27. The van der Waals surface area contributed by atoms with Gasteiger partial charge < -0.3 is 15.1 Å². The predicted octanol–water partition coefficient (Wildman–Crippen LogP) is -0.504. The Morgan fingerprint density at radius 3 is 2.47 bits per heavy atom. The van der Waals surface area contributed by atoms with Crippen molar-refractivity contribution in [1.82, 2.24) is 4.90 Å². The topological polar surface area (TPSA) is 112 Å². The summed E-state index contributed by atoms with van der Waals surface area (Å²) in [6, 6.07) is -0.845. The maximum Gasteiger partial charge on any atom is 0.372 e. The lowest BCUT2D eigenvalue weighted by Crippen LogP contribution is -2.39. The smallest absolute Gasteiger partial charge is 0.372 e. The number of carboxylic acids is 2. The summed E-state index contributed by atoms with van der Waals surface area (Å²) in [7, 11) is 0. The Kier molecular flexibility index (Phi) is 4.19. The number of carbonyl (C=O) groups excluding carboxylic acids is 2. The van der Waals surface area contributed by atoms with E-state index in [0.29, 0.717) is 0 Å². The van der Waals surface area contributed by atoms with Gasteiger partial charge in [-0.2, -0.15) is 0 Å². The number of hydrogen-bond acceptors (Lipinski definition) is 4. The fraction of sp³-hybridized carbons (Fsp3) is 0.600. The Labute approximate surface area is 97.0 Å². The number of likely N-dealkylation sites (tertiary alicyclic amines) is 1. The van der Waals surface area contributed by atoms with Crippen molar-refractivity contribution in [2.24, 2.45) is 0 Å². The summed E-state index contributed by atoms with van der Waals surface area (Å²) >= 11 is 0. The van der Waals surface area contributed by atoms with E-state index in [1.54, 1.807) is 0 Å². The summed E-state index contributed by atoms with van der Waals surface area (Å²) in [4.78, 5) is 44.4. The van der Waals surface area contributed by atoms with Gasteiger partial charge in [-0.05, 0) is 12.8 Å². The number of Topliss-reactive ketones (excluding diaryl/α,β-unsaturated/α-hetero) is 1. The van der Waals surface area contributed by atoms with Gasteiger partial charge in [0.05, 0.1) is 0 Å². The third-order valence-corrected chi connectivity index (χ3v) is 2.65. The van der Waals surface area contributed by atoms with Crippen LogP contribution >= 0.6 is 0 Å². The van der Waals surface area contributed by atoms with Crippen molar-refractivity contribution in [3.63, 3.8) is 0 Å². The summed E-state index contributed by atoms with van der Waals surface area (Å²) in [5, 5.41) is 17.2. The van der Waals surface area contributed by atoms with Crippen LogP contribution in [0.15, 0.2) is 0 Å². The molecule has 0 aromatic heterocycles. The molecule has 1 amide bonds. The molecule has 2 N–H and O–H groups in total. The molecular formula is C10H13NO6. The molecule has 94 valence electrons. The fourth-order valence-corrected chi connectivity index (χ4v) is 1.79. The van der Waals surface area contributed by atoms with Gasteiger partial charge >= 0.3 is 11.9 Å². The van der Waals surface area contributed by atoms with E-state index >= 15 is 0 Å². The van der Waals surface area contributed by atoms with Crippen LogP contribution in [0, 0.1) is 0 Å². The molecule has 0 radical (unpaired) electrons. The zero-order chi connectivity index (χ0) is 13.0. The summed E-state index contributed by atoms with van der Waals surface area (Å²) < 4.78 is 0. The van der Waals surface area contributed by atoms with Crippen molar-refractivity contribution < 1.29 is 29.4 Å². The number of hydrogen-bond donors (Lipinski definition) is 2. The van der Waals surface area contributed by atoms with Crippen molar-refractivity contribution in [2.45, 2.75) is 31.7 Å². The first-order valence-corrected chi connectivity index (χ1v) is 5.22. The van der Waals surface area contributed by atoms with Gasteiger partial charge in [-0.15, -0.1) is 0 Å². The summed E-state index contributed by atoms with van der Waals surface area (Å²) in [6.07, 6.45) is 0.428. The van der Waals surface area contributed by atoms with Crippen LogP contribution in [0.4, 0.5) is 0 Å². The first-order valence-electron chi connectivity index (χ1n) is 5.22. The molecule has 0 bridgehead atoms. The van der Waals surface area contributed by atoms with E-state index in [-0.39, 0.29) is 38.1 Å². The standard InChI is InChI=1S/C10H13NO6/c12-7(10(16)17)2-1-5-11-6(9(14)15)3-4-8(11)13/h6H,1-5H2,(H,14,15)(H,16,17)/t6-/m0/s1. The Morgan fingerprint density at radius 2 is 1.94 bits per heavy atom. The molecule has 0 aromatic carbocycles. The second-order valence-corrected chi connectivity index (χ2v) is 3.81. The first kappa shape index (κ1) is 13.1. The molecule has 0 aliphatic carbocycles. The van der Waals surface area contributed by atoms with Gasteiger partial charge in [0.15, 0.2) is 0 Å². The van der Waals surface area contributed by atoms with Gasteiger partial charge in [-0.1, -0.05) is 0 Å². The summed E-state index contributed by atoms with van der Waals surface area (Å²) in [6.45, 7) is 0.106. The van der Waals surface area contributed by atoms with E-state index in [2.05, 4.69) is 0 Å². The zero-order valence-electron chi connectivity index (χ0n) is 9.09. The van der Waals surface area contributed by atoms with Crippen molar-refractivity contribution in [3.05, 3.63) is 0 Å². The van der Waals surface area contributed by atoms with Crippen LogP contribution in [0.1, 0.15) is 25.7 Å². The largest absolute Gasteiger partial charge is 0.480 e. The third-order valence-electron chi connectivity index (χ3n) is 2.65. The predicted molar refractivity (Wildman–Crippen MR) is 54.2 cm³/mol. The lowest BCUT2D eigenvalue weighted by Gasteiger charge is -2.20. The number of carbonyl (C=O) groups is 4. The minimum atomic E-state index is -1.51. The van der Waals surface area contributed by atoms with Crippen molar-refractivity contribution in [2.75, 3.05) is 6.54 Å². The molecule has 7 heteroatoms. The molecule has 7 nitrogen and oxygen atoms in total. The summed E-state index contributed by atoms with van der Waals surface area (Å²) in [5.74, 6) is -3.77. The highest BCUT2D eigenvalue weighted by atomic mass is 16.4. The number of ketones is 1. The molecule has 0 unspecified atom stereocenters. The maximum absolute atomic E-state index is 11.4.